The fourth-order valence-electron chi connectivity index (χ4n) is 2.09. The van der Waals surface area contributed by atoms with Crippen LogP contribution in [0, 0.1) is 0 Å². The second kappa shape index (κ2) is 9.72. The lowest BCUT2D eigenvalue weighted by Crippen LogP contribution is -2.55. The molecule has 1 amide bonds. The third-order valence-electron chi connectivity index (χ3n) is 3.52. The van der Waals surface area contributed by atoms with Crippen LogP contribution in [-0.2, 0) is 9.53 Å². The van der Waals surface area contributed by atoms with Gasteiger partial charge in [0.2, 0.25) is 0 Å². The van der Waals surface area contributed by atoms with Gasteiger partial charge in [0, 0.05) is 18.8 Å². The number of hydrogen-bond donors (Lipinski definition) is 2. The maximum Gasteiger partial charge on any atom is 0.251 e. The van der Waals surface area contributed by atoms with Gasteiger partial charge in [0.05, 0.1) is 12.1 Å². The SMILES string of the molecule is C/C=C(C(=O)NC1(CO)CCOCC1)/C(C)=C/C.CC. The Morgan fingerprint density at radius 3 is 2.20 bits per heavy atom. The van der Waals surface area contributed by atoms with E-state index in [0.29, 0.717) is 31.6 Å². The molecular formula is C16H29NO3. The predicted molar refractivity (Wildman–Crippen MR) is 82.5 cm³/mol. The van der Waals surface area contributed by atoms with Gasteiger partial charge in [-0.1, -0.05) is 26.0 Å². The normalized spacial score (nSPS) is 18.9. The fourth-order valence-corrected chi connectivity index (χ4v) is 2.09. The van der Waals surface area contributed by atoms with Crippen molar-refractivity contribution in [2.45, 2.75) is 53.0 Å². The molecule has 0 bridgehead atoms. The van der Waals surface area contributed by atoms with Gasteiger partial charge >= 0.3 is 0 Å². The van der Waals surface area contributed by atoms with Crippen molar-refractivity contribution < 1.29 is 14.6 Å². The average Bonchev–Trinajstić information content (AvgIpc) is 2.50. The highest BCUT2D eigenvalue weighted by Gasteiger charge is 2.34. The third kappa shape index (κ3) is 5.10. The molecular weight excluding hydrogens is 254 g/mol. The van der Waals surface area contributed by atoms with E-state index < -0.39 is 5.54 Å². The van der Waals surface area contributed by atoms with Crippen LogP contribution in [0.1, 0.15) is 47.5 Å². The maximum atomic E-state index is 12.2. The molecule has 1 heterocycles. The molecule has 0 atom stereocenters. The summed E-state index contributed by atoms with van der Waals surface area (Å²) in [5.74, 6) is -0.121. The Bertz CT molecular complexity index is 353. The van der Waals surface area contributed by atoms with Crippen molar-refractivity contribution in [1.82, 2.24) is 5.32 Å². The van der Waals surface area contributed by atoms with Gasteiger partial charge in [-0.25, -0.2) is 0 Å². The minimum Gasteiger partial charge on any atom is -0.394 e. The smallest absolute Gasteiger partial charge is 0.251 e. The molecule has 4 nitrogen and oxygen atoms in total. The number of rotatable bonds is 4. The lowest BCUT2D eigenvalue weighted by molar-refractivity contribution is -0.121. The first-order valence-electron chi connectivity index (χ1n) is 7.39. The Balaban J connectivity index is 0.00000172. The Kier molecular flexibility index (Phi) is 9.17. The standard InChI is InChI=1S/C14H23NO3.C2H6/c1-4-11(3)12(5-2)13(17)15-14(10-16)6-8-18-9-7-14;1-2/h4-5,16H,6-10H2,1-3H3,(H,15,17);1-2H3/b11-4+,12-5-;. The average molecular weight is 283 g/mol. The van der Waals surface area contributed by atoms with E-state index in [-0.39, 0.29) is 12.5 Å². The van der Waals surface area contributed by atoms with Crippen LogP contribution in [0.25, 0.3) is 0 Å². The summed E-state index contributed by atoms with van der Waals surface area (Å²) in [6, 6.07) is 0. The first-order valence-corrected chi connectivity index (χ1v) is 7.39. The van der Waals surface area contributed by atoms with Gasteiger partial charge in [-0.2, -0.15) is 0 Å². The number of carbonyl (C=O) groups is 1. The van der Waals surface area contributed by atoms with Gasteiger partial charge in [0.15, 0.2) is 0 Å². The van der Waals surface area contributed by atoms with Crippen LogP contribution in [0.4, 0.5) is 0 Å². The van der Waals surface area contributed by atoms with Crippen LogP contribution < -0.4 is 5.32 Å². The quantitative estimate of drug-likeness (QED) is 0.616. The van der Waals surface area contributed by atoms with Crippen LogP contribution in [-0.4, -0.2) is 36.4 Å². The zero-order chi connectivity index (χ0) is 15.6. The molecule has 20 heavy (non-hydrogen) atoms. The Hall–Kier alpha value is -1.13. The van der Waals surface area contributed by atoms with E-state index in [2.05, 4.69) is 5.32 Å². The number of aliphatic hydroxyl groups excluding tert-OH is 1. The van der Waals surface area contributed by atoms with Gasteiger partial charge in [-0.3, -0.25) is 4.79 Å². The molecule has 116 valence electrons. The molecule has 0 aromatic heterocycles. The van der Waals surface area contributed by atoms with Gasteiger partial charge in [-0.05, 0) is 39.2 Å². The highest BCUT2D eigenvalue weighted by molar-refractivity contribution is 5.98. The number of hydrogen-bond acceptors (Lipinski definition) is 3. The molecule has 1 rings (SSSR count). The summed E-state index contributed by atoms with van der Waals surface area (Å²) < 4.78 is 5.28. The minimum absolute atomic E-state index is 0.0476. The molecule has 0 unspecified atom stereocenters. The number of allylic oxidation sites excluding steroid dienone is 2. The minimum atomic E-state index is -0.530. The molecule has 0 saturated carbocycles. The molecule has 0 aromatic carbocycles. The predicted octanol–water partition coefficient (Wildman–Crippen LogP) is 2.58. The number of nitrogens with one attached hydrogen (secondary N) is 1. The van der Waals surface area contributed by atoms with E-state index in [1.807, 2.05) is 40.7 Å². The largest absolute Gasteiger partial charge is 0.394 e. The van der Waals surface area contributed by atoms with Crippen molar-refractivity contribution in [3.63, 3.8) is 0 Å². The van der Waals surface area contributed by atoms with Crippen molar-refractivity contribution in [3.8, 4) is 0 Å². The third-order valence-corrected chi connectivity index (χ3v) is 3.52. The van der Waals surface area contributed by atoms with Crippen LogP contribution >= 0.6 is 0 Å². The zero-order valence-corrected chi connectivity index (χ0v) is 13.5. The fraction of sp³-hybridized carbons (Fsp3) is 0.688. The maximum absolute atomic E-state index is 12.2. The zero-order valence-electron chi connectivity index (χ0n) is 13.5. The summed E-state index contributed by atoms with van der Waals surface area (Å²) in [7, 11) is 0. The summed E-state index contributed by atoms with van der Waals surface area (Å²) in [6.07, 6.45) is 5.02. The molecule has 0 spiro atoms. The van der Waals surface area contributed by atoms with Crippen molar-refractivity contribution in [1.29, 1.82) is 0 Å². The summed E-state index contributed by atoms with van der Waals surface area (Å²) in [4.78, 5) is 12.2. The van der Waals surface area contributed by atoms with Gasteiger partial charge < -0.3 is 15.2 Å². The monoisotopic (exact) mass is 283 g/mol. The Morgan fingerprint density at radius 2 is 1.80 bits per heavy atom. The van der Waals surface area contributed by atoms with Crippen molar-refractivity contribution in [2.75, 3.05) is 19.8 Å². The summed E-state index contributed by atoms with van der Waals surface area (Å²) in [6.45, 7) is 10.8. The van der Waals surface area contributed by atoms with E-state index in [9.17, 15) is 9.90 Å². The van der Waals surface area contributed by atoms with Crippen molar-refractivity contribution >= 4 is 5.91 Å². The van der Waals surface area contributed by atoms with Gasteiger partial charge in [0.25, 0.3) is 5.91 Å². The first-order chi connectivity index (χ1) is 9.58. The van der Waals surface area contributed by atoms with E-state index in [0.717, 1.165) is 5.57 Å². The molecule has 1 aliphatic heterocycles. The second-order valence-corrected chi connectivity index (χ2v) is 4.68. The highest BCUT2D eigenvalue weighted by atomic mass is 16.5. The Morgan fingerprint density at radius 1 is 1.25 bits per heavy atom. The lowest BCUT2D eigenvalue weighted by Gasteiger charge is -2.36. The van der Waals surface area contributed by atoms with Crippen LogP contribution in [0.3, 0.4) is 0 Å². The molecule has 1 fully saturated rings. The van der Waals surface area contributed by atoms with Crippen molar-refractivity contribution in [3.05, 3.63) is 23.3 Å². The highest BCUT2D eigenvalue weighted by Crippen LogP contribution is 2.21. The van der Waals surface area contributed by atoms with Crippen LogP contribution in [0.15, 0.2) is 23.3 Å². The number of amides is 1. The van der Waals surface area contributed by atoms with Crippen LogP contribution in [0.2, 0.25) is 0 Å². The molecule has 4 heteroatoms. The van der Waals surface area contributed by atoms with E-state index in [1.165, 1.54) is 0 Å². The summed E-state index contributed by atoms with van der Waals surface area (Å²) >= 11 is 0. The molecule has 0 radical (unpaired) electrons. The van der Waals surface area contributed by atoms with E-state index in [1.54, 1.807) is 6.08 Å². The lowest BCUT2D eigenvalue weighted by atomic mass is 9.90. The van der Waals surface area contributed by atoms with Gasteiger partial charge in [-0.15, -0.1) is 0 Å². The topological polar surface area (TPSA) is 58.6 Å². The Labute approximate surface area is 122 Å². The number of carbonyl (C=O) groups excluding carboxylic acids is 1. The number of aliphatic hydroxyl groups is 1. The van der Waals surface area contributed by atoms with Crippen molar-refractivity contribution in [2.24, 2.45) is 0 Å². The van der Waals surface area contributed by atoms with E-state index in [4.69, 9.17) is 4.74 Å². The molecule has 0 aromatic rings. The first kappa shape index (κ1) is 18.9. The molecule has 0 aliphatic carbocycles. The number of ether oxygens (including phenoxy) is 1. The molecule has 1 aliphatic rings. The molecule has 1 saturated heterocycles. The second-order valence-electron chi connectivity index (χ2n) is 4.68. The van der Waals surface area contributed by atoms with Gasteiger partial charge in [0.1, 0.15) is 0 Å². The molecule has 2 N–H and O–H groups in total. The summed E-state index contributed by atoms with van der Waals surface area (Å²) in [5, 5.41) is 12.5. The van der Waals surface area contributed by atoms with E-state index >= 15 is 0 Å². The summed E-state index contributed by atoms with van der Waals surface area (Å²) in [5.41, 5.74) is 1.07. The van der Waals surface area contributed by atoms with Crippen LogP contribution in [0.5, 0.6) is 0 Å².